The molecule has 5 heteroatoms. The summed E-state index contributed by atoms with van der Waals surface area (Å²) in [6, 6.07) is 13.0. The number of allylic oxidation sites excluding steroid dienone is 2. The van der Waals surface area contributed by atoms with Gasteiger partial charge in [-0.3, -0.25) is 10.1 Å². The molecule has 3 atom stereocenters. The van der Waals surface area contributed by atoms with Crippen LogP contribution in [0.4, 0.5) is 11.4 Å². The number of benzene rings is 2. The van der Waals surface area contributed by atoms with Gasteiger partial charge in [-0.25, -0.2) is 0 Å². The van der Waals surface area contributed by atoms with Crippen molar-refractivity contribution < 1.29 is 9.66 Å². The lowest BCUT2D eigenvalue weighted by Crippen LogP contribution is -2.29. The van der Waals surface area contributed by atoms with Crippen LogP contribution in [0.5, 0.6) is 5.75 Å². The van der Waals surface area contributed by atoms with Crippen LogP contribution in [-0.4, -0.2) is 11.5 Å². The van der Waals surface area contributed by atoms with Crippen LogP contribution in [0.2, 0.25) is 0 Å². The van der Waals surface area contributed by atoms with E-state index in [2.05, 4.69) is 23.5 Å². The molecule has 0 aromatic heterocycles. The lowest BCUT2D eigenvalue weighted by molar-refractivity contribution is -0.385. The Morgan fingerprint density at radius 3 is 2.88 bits per heavy atom. The lowest BCUT2D eigenvalue weighted by Gasteiger charge is -2.37. The van der Waals surface area contributed by atoms with Gasteiger partial charge in [0.25, 0.3) is 5.69 Å². The molecule has 5 nitrogen and oxygen atoms in total. The maximum Gasteiger partial charge on any atom is 0.274 e. The van der Waals surface area contributed by atoms with Gasteiger partial charge in [-0.15, -0.1) is 0 Å². The Morgan fingerprint density at radius 1 is 1.24 bits per heavy atom. The van der Waals surface area contributed by atoms with E-state index >= 15 is 0 Å². The van der Waals surface area contributed by atoms with E-state index in [9.17, 15) is 10.1 Å². The van der Waals surface area contributed by atoms with Crippen LogP contribution >= 0.6 is 0 Å². The molecule has 0 bridgehead atoms. The summed E-state index contributed by atoms with van der Waals surface area (Å²) in [7, 11) is 0. The van der Waals surface area contributed by atoms with Gasteiger partial charge in [-0.1, -0.05) is 30.4 Å². The van der Waals surface area contributed by atoms with Gasteiger partial charge in [0.05, 0.1) is 23.1 Å². The van der Waals surface area contributed by atoms with Crippen LogP contribution in [0.1, 0.15) is 36.4 Å². The number of hydrogen-bond acceptors (Lipinski definition) is 4. The fourth-order valence-electron chi connectivity index (χ4n) is 4.05. The van der Waals surface area contributed by atoms with E-state index in [1.165, 1.54) is 5.56 Å². The van der Waals surface area contributed by atoms with Gasteiger partial charge in [-0.05, 0) is 43.0 Å². The third-order valence-electron chi connectivity index (χ3n) is 5.11. The van der Waals surface area contributed by atoms with Crippen molar-refractivity contribution in [1.29, 1.82) is 0 Å². The Labute approximate surface area is 146 Å². The fourth-order valence-corrected chi connectivity index (χ4v) is 4.05. The first kappa shape index (κ1) is 15.7. The first-order valence-electron chi connectivity index (χ1n) is 8.62. The summed E-state index contributed by atoms with van der Waals surface area (Å²) in [4.78, 5) is 11.2. The Hall–Kier alpha value is -2.82. The standard InChI is InChI=1S/C20H20N2O3/c1-2-25-13-10-11-18-17(12-13)14-7-5-8-15(14)20(21-18)16-6-3-4-9-19(16)22(23)24/h3-7,9-12,14-15,20-21H,2,8H2,1H3. The van der Waals surface area contributed by atoms with Gasteiger partial charge in [-0.2, -0.15) is 0 Å². The van der Waals surface area contributed by atoms with Crippen molar-refractivity contribution in [1.82, 2.24) is 0 Å². The highest BCUT2D eigenvalue weighted by molar-refractivity contribution is 5.63. The molecule has 0 radical (unpaired) electrons. The van der Waals surface area contributed by atoms with Gasteiger partial charge in [0.2, 0.25) is 0 Å². The summed E-state index contributed by atoms with van der Waals surface area (Å²) in [6.07, 6.45) is 5.32. The van der Waals surface area contributed by atoms with Crippen LogP contribution in [0.3, 0.4) is 0 Å². The lowest BCUT2D eigenvalue weighted by atomic mass is 9.76. The summed E-state index contributed by atoms with van der Waals surface area (Å²) < 4.78 is 5.64. The maximum absolute atomic E-state index is 11.5. The van der Waals surface area contributed by atoms with E-state index in [1.807, 2.05) is 31.2 Å². The van der Waals surface area contributed by atoms with Crippen molar-refractivity contribution in [3.8, 4) is 5.75 Å². The number of anilines is 1. The molecule has 2 aromatic rings. The number of para-hydroxylation sites is 1. The molecular formula is C20H20N2O3. The molecule has 128 valence electrons. The van der Waals surface area contributed by atoms with Gasteiger partial charge < -0.3 is 10.1 Å². The van der Waals surface area contributed by atoms with Crippen molar-refractivity contribution in [3.63, 3.8) is 0 Å². The minimum absolute atomic E-state index is 0.0768. The van der Waals surface area contributed by atoms with Gasteiger partial charge in [0.15, 0.2) is 0 Å². The Balaban J connectivity index is 1.77. The number of nitro benzene ring substituents is 1. The number of nitro groups is 1. The Bertz CT molecular complexity index is 847. The highest BCUT2D eigenvalue weighted by Gasteiger charge is 2.40. The zero-order valence-corrected chi connectivity index (χ0v) is 14.0. The van der Waals surface area contributed by atoms with E-state index in [1.54, 1.807) is 12.1 Å². The molecule has 0 fully saturated rings. The molecular weight excluding hydrogens is 316 g/mol. The molecule has 2 aliphatic rings. The molecule has 0 spiro atoms. The zero-order valence-electron chi connectivity index (χ0n) is 14.0. The van der Waals surface area contributed by atoms with E-state index in [-0.39, 0.29) is 28.5 Å². The Morgan fingerprint density at radius 2 is 2.08 bits per heavy atom. The largest absolute Gasteiger partial charge is 0.494 e. The van der Waals surface area contributed by atoms with Crippen molar-refractivity contribution in [2.45, 2.75) is 25.3 Å². The minimum atomic E-state index is -0.290. The summed E-state index contributed by atoms with van der Waals surface area (Å²) >= 11 is 0. The normalized spacial score (nSPS) is 23.5. The van der Waals surface area contributed by atoms with Crippen LogP contribution in [0.25, 0.3) is 0 Å². The third-order valence-corrected chi connectivity index (χ3v) is 5.11. The number of ether oxygens (including phenoxy) is 1. The first-order chi connectivity index (χ1) is 12.2. The van der Waals surface area contributed by atoms with Crippen molar-refractivity contribution in [3.05, 3.63) is 75.9 Å². The van der Waals surface area contributed by atoms with E-state index in [0.717, 1.165) is 23.4 Å². The van der Waals surface area contributed by atoms with E-state index < -0.39 is 0 Å². The van der Waals surface area contributed by atoms with E-state index in [0.29, 0.717) is 6.61 Å². The van der Waals surface area contributed by atoms with E-state index in [4.69, 9.17) is 4.74 Å². The van der Waals surface area contributed by atoms with Crippen LogP contribution < -0.4 is 10.1 Å². The van der Waals surface area contributed by atoms with Crippen LogP contribution in [-0.2, 0) is 0 Å². The monoisotopic (exact) mass is 336 g/mol. The fraction of sp³-hybridized carbons (Fsp3) is 0.300. The third kappa shape index (κ3) is 2.65. The molecule has 0 saturated carbocycles. The highest BCUT2D eigenvalue weighted by atomic mass is 16.6. The molecule has 0 saturated heterocycles. The first-order valence-corrected chi connectivity index (χ1v) is 8.62. The molecule has 1 heterocycles. The quantitative estimate of drug-likeness (QED) is 0.494. The SMILES string of the molecule is CCOc1ccc2c(c1)C1C=CCC1C(c1ccccc1[N+](=O)[O-])N2. The molecule has 25 heavy (non-hydrogen) atoms. The summed E-state index contributed by atoms with van der Waals surface area (Å²) in [5.74, 6) is 1.39. The minimum Gasteiger partial charge on any atom is -0.494 e. The topological polar surface area (TPSA) is 64.4 Å². The molecule has 0 amide bonds. The van der Waals surface area contributed by atoms with Gasteiger partial charge >= 0.3 is 0 Å². The van der Waals surface area contributed by atoms with Crippen molar-refractivity contribution in [2.75, 3.05) is 11.9 Å². The molecule has 1 N–H and O–H groups in total. The second-order valence-electron chi connectivity index (χ2n) is 6.47. The molecule has 3 unspecified atom stereocenters. The number of rotatable bonds is 4. The Kier molecular flexibility index (Phi) is 3.92. The summed E-state index contributed by atoms with van der Waals surface area (Å²) in [5, 5.41) is 15.0. The van der Waals surface area contributed by atoms with Crippen LogP contribution in [0.15, 0.2) is 54.6 Å². The number of nitrogens with one attached hydrogen (secondary N) is 1. The maximum atomic E-state index is 11.5. The summed E-state index contributed by atoms with van der Waals surface area (Å²) in [6.45, 7) is 2.61. The molecule has 1 aliphatic heterocycles. The second kappa shape index (κ2) is 6.24. The zero-order chi connectivity index (χ0) is 17.4. The van der Waals surface area contributed by atoms with Gasteiger partial charge in [0.1, 0.15) is 5.75 Å². The smallest absolute Gasteiger partial charge is 0.274 e. The second-order valence-corrected chi connectivity index (χ2v) is 6.47. The molecule has 4 rings (SSSR count). The summed E-state index contributed by atoms with van der Waals surface area (Å²) in [5.41, 5.74) is 3.17. The van der Waals surface area contributed by atoms with Crippen molar-refractivity contribution in [2.24, 2.45) is 5.92 Å². The number of nitrogens with zero attached hydrogens (tertiary/aromatic N) is 1. The predicted octanol–water partition coefficient (Wildman–Crippen LogP) is 4.82. The molecule has 2 aromatic carbocycles. The number of fused-ring (bicyclic) bond motifs is 3. The average Bonchev–Trinajstić information content (AvgIpc) is 3.11. The molecule has 1 aliphatic carbocycles. The van der Waals surface area contributed by atoms with Crippen molar-refractivity contribution >= 4 is 11.4 Å². The highest BCUT2D eigenvalue weighted by Crippen LogP contribution is 2.51. The number of hydrogen-bond donors (Lipinski definition) is 1. The van der Waals surface area contributed by atoms with Gasteiger partial charge in [0, 0.05) is 17.7 Å². The predicted molar refractivity (Wildman–Crippen MR) is 97.1 cm³/mol. The van der Waals surface area contributed by atoms with Crippen LogP contribution in [0, 0.1) is 16.0 Å². The average molecular weight is 336 g/mol.